The van der Waals surface area contributed by atoms with E-state index >= 15 is 0 Å². The Balaban J connectivity index is 1.56. The number of carbonyl (C=O) groups excluding carboxylic acids is 1. The van der Waals surface area contributed by atoms with Crippen LogP contribution in [0, 0.1) is 0 Å². The average molecular weight is 435 g/mol. The second kappa shape index (κ2) is 7.68. The van der Waals surface area contributed by atoms with E-state index in [0.717, 1.165) is 0 Å². The monoisotopic (exact) mass is 434 g/mol. The highest BCUT2D eigenvalue weighted by atomic mass is 35.5. The Bertz CT molecular complexity index is 1230. The van der Waals surface area contributed by atoms with Crippen molar-refractivity contribution in [3.8, 4) is 0 Å². The summed E-state index contributed by atoms with van der Waals surface area (Å²) < 4.78 is 32.0. The lowest BCUT2D eigenvalue weighted by Gasteiger charge is -2.20. The summed E-state index contributed by atoms with van der Waals surface area (Å²) in [6.07, 6.45) is 0.249. The Morgan fingerprint density at radius 1 is 1.10 bits per heavy atom. The lowest BCUT2D eigenvalue weighted by Crippen LogP contribution is -2.37. The number of fused-ring (bicyclic) bond motifs is 1. The highest BCUT2D eigenvalue weighted by molar-refractivity contribution is 7.91. The minimum atomic E-state index is -3.47. The molecule has 3 aromatic rings. The van der Waals surface area contributed by atoms with Crippen LogP contribution in [0.4, 0.5) is 0 Å². The first-order chi connectivity index (χ1) is 13.9. The molecule has 9 heteroatoms. The van der Waals surface area contributed by atoms with Crippen LogP contribution in [0.3, 0.4) is 0 Å². The molecule has 1 unspecified atom stereocenters. The topological polar surface area (TPSA) is 89.6 Å². The molecule has 1 aromatic heterocycles. The van der Waals surface area contributed by atoms with Gasteiger partial charge in [0, 0.05) is 18.1 Å². The average Bonchev–Trinajstić information content (AvgIpc) is 2.90. The molecule has 152 valence electrons. The maximum absolute atomic E-state index is 12.8. The lowest BCUT2D eigenvalue weighted by atomic mass is 10.1. The lowest BCUT2D eigenvalue weighted by molar-refractivity contribution is -0.131. The molecule has 0 aliphatic carbocycles. The number of nitrogens with zero attached hydrogens (tertiary/aromatic N) is 2. The smallest absolute Gasteiger partial charge is 0.408 e. The number of para-hydroxylation sites is 2. The zero-order chi connectivity index (χ0) is 20.6. The van der Waals surface area contributed by atoms with Gasteiger partial charge in [0.25, 0.3) is 0 Å². The summed E-state index contributed by atoms with van der Waals surface area (Å²) in [4.78, 5) is 26.4. The first kappa shape index (κ1) is 19.7. The number of halogens is 1. The number of carbonyl (C=O) groups is 1. The maximum Gasteiger partial charge on any atom is 0.420 e. The quantitative estimate of drug-likeness (QED) is 0.632. The summed E-state index contributed by atoms with van der Waals surface area (Å²) in [7, 11) is -3.47. The van der Waals surface area contributed by atoms with E-state index in [-0.39, 0.29) is 37.7 Å². The van der Waals surface area contributed by atoms with E-state index in [1.807, 2.05) is 0 Å². The van der Waals surface area contributed by atoms with Crippen molar-refractivity contribution in [1.29, 1.82) is 0 Å². The van der Waals surface area contributed by atoms with Crippen LogP contribution in [-0.4, -0.2) is 42.6 Å². The number of hydrogen-bond donors (Lipinski definition) is 0. The number of benzene rings is 2. The molecule has 4 rings (SSSR count). The summed E-state index contributed by atoms with van der Waals surface area (Å²) in [5.41, 5.74) is 1.49. The molecule has 2 heterocycles. The van der Waals surface area contributed by atoms with Crippen LogP contribution in [0.15, 0.2) is 57.7 Å². The van der Waals surface area contributed by atoms with E-state index in [0.29, 0.717) is 21.7 Å². The van der Waals surface area contributed by atoms with Gasteiger partial charge in [-0.15, -0.1) is 0 Å². The van der Waals surface area contributed by atoms with E-state index in [2.05, 4.69) is 0 Å². The third-order valence-corrected chi connectivity index (χ3v) is 7.66. The fourth-order valence-corrected chi connectivity index (χ4v) is 5.83. The van der Waals surface area contributed by atoms with E-state index in [4.69, 9.17) is 16.0 Å². The summed E-state index contributed by atoms with van der Waals surface area (Å²) in [6.45, 7) is 0.137. The number of aromatic nitrogens is 1. The molecule has 0 N–H and O–H groups in total. The van der Waals surface area contributed by atoms with Gasteiger partial charge in [-0.25, -0.2) is 13.2 Å². The number of oxazole rings is 1. The summed E-state index contributed by atoms with van der Waals surface area (Å²) in [5, 5.41) is -0.358. The van der Waals surface area contributed by atoms with Gasteiger partial charge in [-0.3, -0.25) is 9.36 Å². The minimum absolute atomic E-state index is 0.0760. The molecule has 1 aliphatic heterocycles. The van der Waals surface area contributed by atoms with Gasteiger partial charge < -0.3 is 9.32 Å². The third-order valence-electron chi connectivity index (χ3n) is 5.21. The van der Waals surface area contributed by atoms with Crippen LogP contribution in [-0.2, 0) is 21.2 Å². The molecule has 0 radical (unpaired) electrons. The van der Waals surface area contributed by atoms with Crippen LogP contribution >= 0.6 is 11.6 Å². The molecule has 29 heavy (non-hydrogen) atoms. The normalized spacial score (nSPS) is 19.2. The number of amides is 1. The van der Waals surface area contributed by atoms with Gasteiger partial charge >= 0.3 is 5.76 Å². The van der Waals surface area contributed by atoms with Gasteiger partial charge in [0.2, 0.25) is 5.91 Å². The number of hydrogen-bond acceptors (Lipinski definition) is 5. The highest BCUT2D eigenvalue weighted by Gasteiger charge is 2.34. The molecule has 0 bridgehead atoms. The number of rotatable bonds is 3. The summed E-state index contributed by atoms with van der Waals surface area (Å²) >= 11 is 6.21. The number of sulfone groups is 1. The van der Waals surface area contributed by atoms with Gasteiger partial charge in [0.1, 0.15) is 6.54 Å². The van der Waals surface area contributed by atoms with Gasteiger partial charge in [-0.05, 0) is 30.2 Å². The van der Waals surface area contributed by atoms with Crippen LogP contribution in [0.2, 0.25) is 5.02 Å². The van der Waals surface area contributed by atoms with Crippen LogP contribution in [0.1, 0.15) is 17.2 Å². The fraction of sp³-hybridized carbons (Fsp3) is 0.300. The Hall–Kier alpha value is -2.58. The molecule has 1 aliphatic rings. The molecule has 1 saturated heterocycles. The van der Waals surface area contributed by atoms with Crippen molar-refractivity contribution in [2.75, 3.05) is 18.8 Å². The van der Waals surface area contributed by atoms with Crippen molar-refractivity contribution in [3.63, 3.8) is 0 Å². The van der Waals surface area contributed by atoms with E-state index < -0.39 is 20.8 Å². The third kappa shape index (κ3) is 3.82. The Morgan fingerprint density at radius 2 is 1.83 bits per heavy atom. The van der Waals surface area contributed by atoms with E-state index in [1.165, 1.54) is 9.47 Å². The molecule has 1 amide bonds. The van der Waals surface area contributed by atoms with Crippen molar-refractivity contribution in [1.82, 2.24) is 9.47 Å². The summed E-state index contributed by atoms with van der Waals surface area (Å²) in [5.74, 6) is -1.10. The SMILES string of the molecule is O=C(Cn1c(=O)oc2ccccc21)N1CCC(c2ccccc2Cl)S(=O)(=O)CC1. The van der Waals surface area contributed by atoms with Gasteiger partial charge in [0.15, 0.2) is 15.4 Å². The van der Waals surface area contributed by atoms with E-state index in [9.17, 15) is 18.0 Å². The molecular formula is C20H19ClN2O5S. The maximum atomic E-state index is 12.8. The Morgan fingerprint density at radius 3 is 2.62 bits per heavy atom. The van der Waals surface area contributed by atoms with Crippen LogP contribution in [0.5, 0.6) is 0 Å². The Labute approximate surface area is 172 Å². The first-order valence-corrected chi connectivity index (χ1v) is 11.3. The van der Waals surface area contributed by atoms with Gasteiger partial charge in [0.05, 0.1) is 16.5 Å². The van der Waals surface area contributed by atoms with Crippen molar-refractivity contribution < 1.29 is 17.6 Å². The molecule has 2 aromatic carbocycles. The molecule has 1 fully saturated rings. The predicted octanol–water partition coefficient (Wildman–Crippen LogP) is 2.64. The minimum Gasteiger partial charge on any atom is -0.408 e. The second-order valence-electron chi connectivity index (χ2n) is 6.97. The van der Waals surface area contributed by atoms with Crippen molar-refractivity contribution in [2.45, 2.75) is 18.2 Å². The van der Waals surface area contributed by atoms with Crippen molar-refractivity contribution in [3.05, 3.63) is 69.7 Å². The molecule has 0 spiro atoms. The largest absolute Gasteiger partial charge is 0.420 e. The molecule has 0 saturated carbocycles. The van der Waals surface area contributed by atoms with Crippen LogP contribution < -0.4 is 5.76 Å². The fourth-order valence-electron chi connectivity index (χ4n) is 3.68. The van der Waals surface area contributed by atoms with E-state index in [1.54, 1.807) is 48.5 Å². The summed E-state index contributed by atoms with van der Waals surface area (Å²) in [6, 6.07) is 13.7. The zero-order valence-corrected chi connectivity index (χ0v) is 17.0. The highest BCUT2D eigenvalue weighted by Crippen LogP contribution is 2.33. The molecule has 7 nitrogen and oxygen atoms in total. The van der Waals surface area contributed by atoms with Gasteiger partial charge in [-0.1, -0.05) is 41.9 Å². The Kier molecular flexibility index (Phi) is 5.23. The van der Waals surface area contributed by atoms with Crippen molar-refractivity contribution >= 4 is 38.4 Å². The first-order valence-electron chi connectivity index (χ1n) is 9.19. The predicted molar refractivity (Wildman–Crippen MR) is 110 cm³/mol. The van der Waals surface area contributed by atoms with Crippen LogP contribution in [0.25, 0.3) is 11.1 Å². The second-order valence-corrected chi connectivity index (χ2v) is 9.68. The molecule has 1 atom stereocenters. The zero-order valence-electron chi connectivity index (χ0n) is 15.5. The van der Waals surface area contributed by atoms with Crippen molar-refractivity contribution in [2.24, 2.45) is 0 Å². The molecular weight excluding hydrogens is 416 g/mol. The standard InChI is InChI=1S/C20H19ClN2O5S/c21-15-6-2-1-5-14(15)18-9-10-22(11-12-29(18,26)27)19(24)13-23-16-7-3-4-8-17(16)28-20(23)25/h1-8,18H,9-13H2. The van der Waals surface area contributed by atoms with Gasteiger partial charge in [-0.2, -0.15) is 0 Å².